The van der Waals surface area contributed by atoms with Gasteiger partial charge in [0.15, 0.2) is 0 Å². The summed E-state index contributed by atoms with van der Waals surface area (Å²) in [5.74, 6) is 0.316. The van der Waals surface area contributed by atoms with Gasteiger partial charge in [-0.1, -0.05) is 0 Å². The third kappa shape index (κ3) is 3.61. The molecule has 0 bridgehead atoms. The van der Waals surface area contributed by atoms with E-state index >= 15 is 0 Å². The molecule has 4 nitrogen and oxygen atoms in total. The minimum Gasteiger partial charge on any atom is -0.382 e. The van der Waals surface area contributed by atoms with Crippen LogP contribution in [0, 0.1) is 0 Å². The Balaban J connectivity index is 2.18. The summed E-state index contributed by atoms with van der Waals surface area (Å²) >= 11 is 0. The zero-order valence-electron chi connectivity index (χ0n) is 11.4. The molecule has 0 saturated carbocycles. The summed E-state index contributed by atoms with van der Waals surface area (Å²) < 4.78 is 48.9. The highest BCUT2D eigenvalue weighted by Gasteiger charge is 2.32. The minimum atomic E-state index is -4.36. The number of morpholine rings is 1. The van der Waals surface area contributed by atoms with Crippen molar-refractivity contribution in [1.29, 1.82) is 0 Å². The number of ether oxygens (including phenoxy) is 2. The lowest BCUT2D eigenvalue weighted by Gasteiger charge is -2.37. The molecule has 1 saturated heterocycles. The van der Waals surface area contributed by atoms with Gasteiger partial charge in [0.25, 0.3) is 0 Å². The van der Waals surface area contributed by atoms with Crippen molar-refractivity contribution in [3.63, 3.8) is 0 Å². The van der Waals surface area contributed by atoms with Crippen molar-refractivity contribution in [3.8, 4) is 0 Å². The van der Waals surface area contributed by atoms with Crippen LogP contribution >= 0.6 is 0 Å². The van der Waals surface area contributed by atoms with E-state index in [0.29, 0.717) is 25.5 Å². The van der Waals surface area contributed by atoms with Crippen LogP contribution in [0.3, 0.4) is 0 Å². The Hall–Kier alpha value is -1.34. The van der Waals surface area contributed by atoms with Crippen LogP contribution in [0.4, 0.5) is 19.0 Å². The maximum absolute atomic E-state index is 12.7. The molecule has 2 heterocycles. The normalized spacial score (nSPS) is 23.9. The molecule has 20 heavy (non-hydrogen) atoms. The number of anilines is 1. The van der Waals surface area contributed by atoms with Crippen LogP contribution < -0.4 is 4.90 Å². The second-order valence-corrected chi connectivity index (χ2v) is 4.83. The molecule has 2 unspecified atom stereocenters. The van der Waals surface area contributed by atoms with Gasteiger partial charge in [-0.25, -0.2) is 4.98 Å². The molecular formula is C13H17F3N2O2. The third-order valence-corrected chi connectivity index (χ3v) is 3.08. The number of halogens is 3. The van der Waals surface area contributed by atoms with E-state index in [-0.39, 0.29) is 12.2 Å². The Morgan fingerprint density at radius 2 is 2.20 bits per heavy atom. The summed E-state index contributed by atoms with van der Waals surface area (Å²) in [6.45, 7) is 3.25. The van der Waals surface area contributed by atoms with Gasteiger partial charge in [-0.2, -0.15) is 13.2 Å². The van der Waals surface area contributed by atoms with Gasteiger partial charge in [0.1, 0.15) is 5.82 Å². The number of hydrogen-bond donors (Lipinski definition) is 0. The van der Waals surface area contributed by atoms with E-state index in [1.165, 1.54) is 6.20 Å². The Morgan fingerprint density at radius 3 is 2.85 bits per heavy atom. The summed E-state index contributed by atoms with van der Waals surface area (Å²) in [6.07, 6.45) is -3.43. The first kappa shape index (κ1) is 15.1. The fraction of sp³-hybridized carbons (Fsp3) is 0.615. The molecule has 0 aliphatic carbocycles. The van der Waals surface area contributed by atoms with Crippen molar-refractivity contribution in [2.24, 2.45) is 0 Å². The summed E-state index contributed by atoms with van der Waals surface area (Å²) in [7, 11) is 1.56. The zero-order chi connectivity index (χ0) is 14.8. The molecule has 1 aromatic rings. The van der Waals surface area contributed by atoms with Crippen LogP contribution in [0.2, 0.25) is 0 Å². The van der Waals surface area contributed by atoms with Crippen molar-refractivity contribution in [2.45, 2.75) is 25.3 Å². The topological polar surface area (TPSA) is 34.6 Å². The molecule has 1 aliphatic heterocycles. The van der Waals surface area contributed by atoms with Crippen molar-refractivity contribution in [2.75, 3.05) is 31.7 Å². The van der Waals surface area contributed by atoms with Crippen LogP contribution in [0.1, 0.15) is 12.5 Å². The second-order valence-electron chi connectivity index (χ2n) is 4.83. The van der Waals surface area contributed by atoms with E-state index in [9.17, 15) is 13.2 Å². The molecule has 2 atom stereocenters. The quantitative estimate of drug-likeness (QED) is 0.856. The molecule has 1 aliphatic rings. The van der Waals surface area contributed by atoms with Crippen molar-refractivity contribution in [3.05, 3.63) is 23.9 Å². The Morgan fingerprint density at radius 1 is 1.45 bits per heavy atom. The number of nitrogens with zero attached hydrogens (tertiary/aromatic N) is 2. The highest BCUT2D eigenvalue weighted by atomic mass is 19.4. The Labute approximate surface area is 115 Å². The largest absolute Gasteiger partial charge is 0.416 e. The molecule has 1 aromatic heterocycles. The van der Waals surface area contributed by atoms with Crippen molar-refractivity contribution < 1.29 is 22.6 Å². The minimum absolute atomic E-state index is 0.0831. The Bertz CT molecular complexity index is 453. The van der Waals surface area contributed by atoms with Gasteiger partial charge in [0, 0.05) is 26.4 Å². The smallest absolute Gasteiger partial charge is 0.382 e. The predicted molar refractivity (Wildman–Crippen MR) is 67.7 cm³/mol. The van der Waals surface area contributed by atoms with Crippen LogP contribution in [0.5, 0.6) is 0 Å². The first-order valence-corrected chi connectivity index (χ1v) is 6.32. The van der Waals surface area contributed by atoms with Crippen LogP contribution in [0.15, 0.2) is 18.3 Å². The van der Waals surface area contributed by atoms with E-state index in [0.717, 1.165) is 12.1 Å². The van der Waals surface area contributed by atoms with Gasteiger partial charge in [-0.3, -0.25) is 0 Å². The van der Waals surface area contributed by atoms with Gasteiger partial charge in [0.2, 0.25) is 0 Å². The van der Waals surface area contributed by atoms with E-state index in [1.807, 2.05) is 6.92 Å². The lowest BCUT2D eigenvalue weighted by Crippen LogP contribution is -2.48. The molecule has 1 fully saturated rings. The molecular weight excluding hydrogens is 273 g/mol. The molecule has 0 radical (unpaired) electrons. The highest BCUT2D eigenvalue weighted by molar-refractivity contribution is 5.42. The number of aromatic nitrogens is 1. The van der Waals surface area contributed by atoms with Crippen LogP contribution in [-0.2, 0) is 15.7 Å². The Kier molecular flexibility index (Phi) is 4.49. The monoisotopic (exact) mass is 290 g/mol. The number of alkyl halides is 3. The van der Waals surface area contributed by atoms with E-state index in [4.69, 9.17) is 9.47 Å². The maximum Gasteiger partial charge on any atom is 0.416 e. The van der Waals surface area contributed by atoms with E-state index in [1.54, 1.807) is 12.0 Å². The molecule has 2 rings (SSSR count). The number of rotatable bonds is 3. The highest BCUT2D eigenvalue weighted by Crippen LogP contribution is 2.31. The first-order valence-electron chi connectivity index (χ1n) is 6.32. The predicted octanol–water partition coefficient (Wildman–Crippen LogP) is 2.34. The fourth-order valence-electron chi connectivity index (χ4n) is 2.28. The lowest BCUT2D eigenvalue weighted by atomic mass is 10.2. The SMILES string of the molecule is COCC1CN(c2cc(C(F)(F)F)ccn2)CC(C)O1. The molecule has 112 valence electrons. The second kappa shape index (κ2) is 5.97. The van der Waals surface area contributed by atoms with Crippen molar-refractivity contribution in [1.82, 2.24) is 4.98 Å². The summed E-state index contributed by atoms with van der Waals surface area (Å²) in [5.41, 5.74) is -0.690. The number of pyridine rings is 1. The summed E-state index contributed by atoms with van der Waals surface area (Å²) in [6, 6.07) is 2.04. The van der Waals surface area contributed by atoms with Gasteiger partial charge < -0.3 is 14.4 Å². The van der Waals surface area contributed by atoms with Gasteiger partial charge in [-0.05, 0) is 19.1 Å². The standard InChI is InChI=1S/C13H17F3N2O2/c1-9-6-18(7-11(20-9)8-19-2)12-5-10(3-4-17-12)13(14,15)16/h3-5,9,11H,6-8H2,1-2H3. The lowest BCUT2D eigenvalue weighted by molar-refractivity contribution is -0.137. The number of hydrogen-bond acceptors (Lipinski definition) is 4. The van der Waals surface area contributed by atoms with E-state index < -0.39 is 11.7 Å². The molecule has 0 amide bonds. The summed E-state index contributed by atoms with van der Waals surface area (Å²) in [5, 5.41) is 0. The van der Waals surface area contributed by atoms with Gasteiger partial charge in [-0.15, -0.1) is 0 Å². The maximum atomic E-state index is 12.7. The first-order chi connectivity index (χ1) is 9.40. The van der Waals surface area contributed by atoms with Crippen molar-refractivity contribution >= 4 is 5.82 Å². The molecule has 0 spiro atoms. The summed E-state index contributed by atoms with van der Waals surface area (Å²) in [4.78, 5) is 5.83. The van der Waals surface area contributed by atoms with Gasteiger partial charge >= 0.3 is 6.18 Å². The zero-order valence-corrected chi connectivity index (χ0v) is 11.4. The number of methoxy groups -OCH3 is 1. The average Bonchev–Trinajstić information content (AvgIpc) is 2.37. The van der Waals surface area contributed by atoms with Crippen LogP contribution in [-0.4, -0.2) is 44.0 Å². The average molecular weight is 290 g/mol. The molecule has 7 heteroatoms. The van der Waals surface area contributed by atoms with E-state index in [2.05, 4.69) is 4.98 Å². The van der Waals surface area contributed by atoms with Gasteiger partial charge in [0.05, 0.1) is 24.4 Å². The molecule has 0 aromatic carbocycles. The third-order valence-electron chi connectivity index (χ3n) is 3.08. The molecule has 0 N–H and O–H groups in total. The van der Waals surface area contributed by atoms with Crippen LogP contribution in [0.25, 0.3) is 0 Å². The fourth-order valence-corrected chi connectivity index (χ4v) is 2.28.